The van der Waals surface area contributed by atoms with Crippen LogP contribution in [0.25, 0.3) is 0 Å². The van der Waals surface area contributed by atoms with E-state index in [9.17, 15) is 4.79 Å². The van der Waals surface area contributed by atoms with Gasteiger partial charge in [0, 0.05) is 5.56 Å². The highest BCUT2D eigenvalue weighted by molar-refractivity contribution is 5.94. The molecule has 5 heteroatoms. The van der Waals surface area contributed by atoms with E-state index in [-0.39, 0.29) is 5.91 Å². The van der Waals surface area contributed by atoms with E-state index in [1.54, 1.807) is 18.3 Å². The van der Waals surface area contributed by atoms with Gasteiger partial charge in [0.25, 0.3) is 5.91 Å². The highest BCUT2D eigenvalue weighted by Crippen LogP contribution is 2.29. The molecule has 0 saturated heterocycles. The molecule has 3 aromatic carbocycles. The first-order chi connectivity index (χ1) is 14.5. The molecule has 0 atom stereocenters. The molecular weight excluding hydrogens is 376 g/mol. The molecule has 0 fully saturated rings. The van der Waals surface area contributed by atoms with Crippen molar-refractivity contribution in [3.8, 4) is 11.5 Å². The molecule has 154 valence electrons. The van der Waals surface area contributed by atoms with E-state index in [4.69, 9.17) is 9.47 Å². The Morgan fingerprint density at radius 1 is 0.900 bits per heavy atom. The van der Waals surface area contributed by atoms with Crippen molar-refractivity contribution in [2.24, 2.45) is 5.10 Å². The van der Waals surface area contributed by atoms with Gasteiger partial charge in [0.2, 0.25) is 0 Å². The number of hydrogen-bond acceptors (Lipinski definition) is 4. The fraction of sp³-hybridized carbons (Fsp3) is 0.200. The van der Waals surface area contributed by atoms with Crippen LogP contribution in [-0.2, 0) is 6.61 Å². The second-order valence-electron chi connectivity index (χ2n) is 6.98. The number of hydrogen-bond donors (Lipinski definition) is 1. The Kier molecular flexibility index (Phi) is 7.22. The molecule has 1 amide bonds. The summed E-state index contributed by atoms with van der Waals surface area (Å²) in [7, 11) is 0. The third-order valence-electron chi connectivity index (χ3n) is 4.48. The summed E-state index contributed by atoms with van der Waals surface area (Å²) in [5.41, 5.74) is 7.31. The largest absolute Gasteiger partial charge is 0.490 e. The van der Waals surface area contributed by atoms with Crippen molar-refractivity contribution >= 4 is 12.1 Å². The number of benzene rings is 3. The van der Waals surface area contributed by atoms with Gasteiger partial charge in [-0.25, -0.2) is 5.43 Å². The monoisotopic (exact) mass is 402 g/mol. The minimum Gasteiger partial charge on any atom is -0.490 e. The molecule has 0 unspecified atom stereocenters. The lowest BCUT2D eigenvalue weighted by molar-refractivity contribution is 0.0955. The molecule has 5 nitrogen and oxygen atoms in total. The minimum absolute atomic E-state index is 0.255. The highest BCUT2D eigenvalue weighted by Gasteiger charge is 2.07. The lowest BCUT2D eigenvalue weighted by atomic mass is 10.1. The average molecular weight is 402 g/mol. The summed E-state index contributed by atoms with van der Waals surface area (Å²) in [6.07, 6.45) is 1.58. The van der Waals surface area contributed by atoms with Gasteiger partial charge in [-0.2, -0.15) is 5.10 Å². The number of aryl methyl sites for hydroxylation is 2. The van der Waals surface area contributed by atoms with Gasteiger partial charge < -0.3 is 9.47 Å². The third kappa shape index (κ3) is 5.95. The summed E-state index contributed by atoms with van der Waals surface area (Å²) < 4.78 is 11.7. The Bertz CT molecular complexity index is 1010. The van der Waals surface area contributed by atoms with Gasteiger partial charge in [0.15, 0.2) is 11.5 Å². The van der Waals surface area contributed by atoms with E-state index in [0.29, 0.717) is 30.3 Å². The van der Waals surface area contributed by atoms with Crippen LogP contribution in [0.1, 0.15) is 39.5 Å². The van der Waals surface area contributed by atoms with E-state index in [0.717, 1.165) is 16.7 Å². The molecule has 30 heavy (non-hydrogen) atoms. The zero-order chi connectivity index (χ0) is 21.3. The average Bonchev–Trinajstić information content (AvgIpc) is 2.75. The van der Waals surface area contributed by atoms with Crippen LogP contribution in [0.2, 0.25) is 0 Å². The molecule has 0 aliphatic rings. The van der Waals surface area contributed by atoms with Crippen LogP contribution in [0.4, 0.5) is 0 Å². The van der Waals surface area contributed by atoms with Crippen LogP contribution < -0.4 is 14.9 Å². The predicted molar refractivity (Wildman–Crippen MR) is 119 cm³/mol. The van der Waals surface area contributed by atoms with Crippen molar-refractivity contribution in [1.82, 2.24) is 5.43 Å². The maximum Gasteiger partial charge on any atom is 0.271 e. The van der Waals surface area contributed by atoms with Crippen LogP contribution in [0, 0.1) is 13.8 Å². The number of ether oxygens (including phenoxy) is 2. The normalized spacial score (nSPS) is 10.8. The zero-order valence-electron chi connectivity index (χ0n) is 17.5. The predicted octanol–water partition coefficient (Wildman–Crippen LogP) is 5.05. The van der Waals surface area contributed by atoms with Crippen molar-refractivity contribution < 1.29 is 14.3 Å². The first kappa shape index (κ1) is 21.1. The molecule has 3 aromatic rings. The third-order valence-corrected chi connectivity index (χ3v) is 4.48. The Morgan fingerprint density at radius 2 is 1.57 bits per heavy atom. The maximum absolute atomic E-state index is 12.1. The summed E-state index contributed by atoms with van der Waals surface area (Å²) in [4.78, 5) is 12.1. The summed E-state index contributed by atoms with van der Waals surface area (Å²) in [5, 5.41) is 4.05. The first-order valence-electron chi connectivity index (χ1n) is 9.90. The second-order valence-corrected chi connectivity index (χ2v) is 6.98. The Morgan fingerprint density at radius 3 is 2.23 bits per heavy atom. The van der Waals surface area contributed by atoms with Gasteiger partial charge in [-0.1, -0.05) is 47.5 Å². The lowest BCUT2D eigenvalue weighted by Crippen LogP contribution is -2.17. The summed E-state index contributed by atoms with van der Waals surface area (Å²) in [6, 6.07) is 21.1. The smallest absolute Gasteiger partial charge is 0.271 e. The number of hydrazone groups is 1. The van der Waals surface area contributed by atoms with Gasteiger partial charge in [0.05, 0.1) is 12.8 Å². The standard InChI is InChI=1S/C25H26N2O3/c1-4-29-24-15-21(16-26-27-25(28)22-12-7-19(3)8-13-22)11-14-23(24)30-17-20-9-5-18(2)6-10-20/h5-16H,4,17H2,1-3H3,(H,27,28)/b26-16-. The zero-order valence-corrected chi connectivity index (χ0v) is 17.5. The van der Waals surface area contributed by atoms with Crippen molar-refractivity contribution in [3.63, 3.8) is 0 Å². The fourth-order valence-corrected chi connectivity index (χ4v) is 2.77. The number of rotatable bonds is 8. The quantitative estimate of drug-likeness (QED) is 0.424. The second kappa shape index (κ2) is 10.3. The van der Waals surface area contributed by atoms with Gasteiger partial charge >= 0.3 is 0 Å². The van der Waals surface area contributed by atoms with E-state index in [2.05, 4.69) is 29.6 Å². The summed E-state index contributed by atoms with van der Waals surface area (Å²) in [5.74, 6) is 1.05. The fourth-order valence-electron chi connectivity index (χ4n) is 2.77. The molecule has 0 aliphatic carbocycles. The molecule has 0 bridgehead atoms. The number of nitrogens with one attached hydrogen (secondary N) is 1. The Balaban J connectivity index is 1.64. The summed E-state index contributed by atoms with van der Waals surface area (Å²) in [6.45, 7) is 6.93. The molecule has 3 rings (SSSR count). The van der Waals surface area contributed by atoms with Gasteiger partial charge in [-0.05, 0) is 62.2 Å². The molecular formula is C25H26N2O3. The molecule has 0 radical (unpaired) electrons. The molecule has 0 heterocycles. The number of amides is 1. The number of carbonyl (C=O) groups is 1. The lowest BCUT2D eigenvalue weighted by Gasteiger charge is -2.12. The van der Waals surface area contributed by atoms with Crippen molar-refractivity contribution in [2.75, 3.05) is 6.61 Å². The van der Waals surface area contributed by atoms with Gasteiger partial charge in [-0.15, -0.1) is 0 Å². The molecule has 0 saturated carbocycles. The van der Waals surface area contributed by atoms with E-state index < -0.39 is 0 Å². The van der Waals surface area contributed by atoms with Crippen molar-refractivity contribution in [2.45, 2.75) is 27.4 Å². The SMILES string of the molecule is CCOc1cc(/C=N\NC(=O)c2ccc(C)cc2)ccc1OCc1ccc(C)cc1. The first-order valence-corrected chi connectivity index (χ1v) is 9.90. The van der Waals surface area contributed by atoms with E-state index in [1.807, 2.05) is 56.3 Å². The minimum atomic E-state index is -0.255. The molecule has 0 aliphatic heterocycles. The van der Waals surface area contributed by atoms with Crippen LogP contribution in [-0.4, -0.2) is 18.7 Å². The van der Waals surface area contributed by atoms with Crippen LogP contribution >= 0.6 is 0 Å². The van der Waals surface area contributed by atoms with Gasteiger partial charge in [0.1, 0.15) is 6.61 Å². The van der Waals surface area contributed by atoms with Gasteiger partial charge in [-0.3, -0.25) is 4.79 Å². The molecule has 0 spiro atoms. The van der Waals surface area contributed by atoms with E-state index >= 15 is 0 Å². The Labute approximate surface area is 177 Å². The highest BCUT2D eigenvalue weighted by atomic mass is 16.5. The van der Waals surface area contributed by atoms with Crippen LogP contribution in [0.15, 0.2) is 71.8 Å². The number of carbonyl (C=O) groups excluding carboxylic acids is 1. The van der Waals surface area contributed by atoms with Crippen molar-refractivity contribution in [1.29, 1.82) is 0 Å². The summed E-state index contributed by atoms with van der Waals surface area (Å²) >= 11 is 0. The maximum atomic E-state index is 12.1. The number of nitrogens with zero attached hydrogens (tertiary/aromatic N) is 1. The topological polar surface area (TPSA) is 59.9 Å². The van der Waals surface area contributed by atoms with E-state index in [1.165, 1.54) is 5.56 Å². The molecule has 0 aromatic heterocycles. The Hall–Kier alpha value is -3.60. The molecule has 1 N–H and O–H groups in total. The van der Waals surface area contributed by atoms with Crippen LogP contribution in [0.3, 0.4) is 0 Å². The van der Waals surface area contributed by atoms with Crippen LogP contribution in [0.5, 0.6) is 11.5 Å². The van der Waals surface area contributed by atoms with Crippen molar-refractivity contribution in [3.05, 3.63) is 94.5 Å².